The molecule has 21 nitrogen and oxygen atoms in total. The van der Waals surface area contributed by atoms with Gasteiger partial charge in [-0.15, -0.1) is 0 Å². The monoisotopic (exact) mass is 786 g/mol. The lowest BCUT2D eigenvalue weighted by Crippen LogP contribution is -2.65. The molecule has 2 aromatic carbocycles. The summed E-state index contributed by atoms with van der Waals surface area (Å²) in [5, 5.41) is 125. The van der Waals surface area contributed by atoms with Crippen molar-refractivity contribution in [3.8, 4) is 40.1 Å². The van der Waals surface area contributed by atoms with E-state index in [2.05, 4.69) is 0 Å². The Labute approximate surface area is 309 Å². The third-order valence-electron chi connectivity index (χ3n) is 9.61. The standard InChI is InChI=1S/C34H42O21/c1-10-20(39)24(43)27(46)32(50-10)49-9-18-22(41)26(45)31(55-33-28(47)25(44)21(40)17(8-35)52-33)34(53-18)54-30-23(42)19-14(38)6-12(36)7-16(19)51-29(30)11-3-4-13(37)15(5-11)48-2/h3-7,10,17-18,20-22,24-28,31-41,43-47H,8-9H2,1-2H3/t10-,17+,18+,20-,21-,22+,24+,25-,26-,27+,28+,31+,32+,33-,34-/m0/s1. The Morgan fingerprint density at radius 1 is 0.709 bits per heavy atom. The summed E-state index contributed by atoms with van der Waals surface area (Å²) in [4.78, 5) is 14.2. The maximum atomic E-state index is 14.2. The van der Waals surface area contributed by atoms with Crippen molar-refractivity contribution in [1.82, 2.24) is 0 Å². The molecule has 12 N–H and O–H groups in total. The van der Waals surface area contributed by atoms with E-state index >= 15 is 0 Å². The third kappa shape index (κ3) is 7.77. The maximum Gasteiger partial charge on any atom is 0.239 e. The molecule has 15 atom stereocenters. The van der Waals surface area contributed by atoms with E-state index in [1.807, 2.05) is 0 Å². The van der Waals surface area contributed by atoms with Gasteiger partial charge in [-0.25, -0.2) is 0 Å². The van der Waals surface area contributed by atoms with Crippen LogP contribution in [0.15, 0.2) is 39.5 Å². The van der Waals surface area contributed by atoms with Crippen LogP contribution in [0.25, 0.3) is 22.3 Å². The lowest BCUT2D eigenvalue weighted by molar-refractivity contribution is -0.362. The number of benzene rings is 2. The summed E-state index contributed by atoms with van der Waals surface area (Å²) >= 11 is 0. The number of aliphatic hydroxyl groups excluding tert-OH is 9. The molecular formula is C34H42O21. The Hall–Kier alpha value is -3.91. The molecule has 0 spiro atoms. The molecular weight excluding hydrogens is 744 g/mol. The average molecular weight is 787 g/mol. The number of phenolic OH excluding ortho intramolecular Hbond substituents is 3. The van der Waals surface area contributed by atoms with Gasteiger partial charge in [0, 0.05) is 17.7 Å². The number of fused-ring (bicyclic) bond motifs is 1. The molecule has 0 saturated carbocycles. The molecule has 0 unspecified atom stereocenters. The topological polar surface area (TPSA) is 338 Å². The molecule has 304 valence electrons. The molecule has 4 heterocycles. The Morgan fingerprint density at radius 2 is 1.36 bits per heavy atom. The first-order chi connectivity index (χ1) is 26.1. The summed E-state index contributed by atoms with van der Waals surface area (Å²) in [6, 6.07) is 5.60. The minimum absolute atomic E-state index is 0.0208. The van der Waals surface area contributed by atoms with Crippen molar-refractivity contribution >= 4 is 11.0 Å². The third-order valence-corrected chi connectivity index (χ3v) is 9.61. The summed E-state index contributed by atoms with van der Waals surface area (Å²) in [5.74, 6) is -2.77. The van der Waals surface area contributed by atoms with E-state index in [0.717, 1.165) is 12.1 Å². The smallest absolute Gasteiger partial charge is 0.239 e. The molecule has 0 radical (unpaired) electrons. The van der Waals surface area contributed by atoms with Crippen LogP contribution in [0.3, 0.4) is 0 Å². The Morgan fingerprint density at radius 3 is 2.05 bits per heavy atom. The van der Waals surface area contributed by atoms with E-state index in [1.54, 1.807) is 0 Å². The SMILES string of the molecule is COc1cc(-c2oc3cc(O)cc(O)c3c(=O)c2O[C@@H]2O[C@H](CO[C@@H]3O[C@@H](C)[C@H](O)[C@@H](O)[C@H]3O)[C@@H](O)[C@H](O)[C@H]2O[C@@H]2O[C@H](CO)[C@H](O)[C@H](O)[C@H]2O)ccc1O. The van der Waals surface area contributed by atoms with Gasteiger partial charge in [0.15, 0.2) is 35.9 Å². The van der Waals surface area contributed by atoms with Crippen molar-refractivity contribution in [3.05, 3.63) is 40.6 Å². The van der Waals surface area contributed by atoms with Gasteiger partial charge in [0.05, 0.1) is 26.4 Å². The number of ether oxygens (including phenoxy) is 7. The first kappa shape index (κ1) is 40.7. The molecule has 55 heavy (non-hydrogen) atoms. The first-order valence-corrected chi connectivity index (χ1v) is 16.9. The molecule has 21 heteroatoms. The van der Waals surface area contributed by atoms with E-state index in [1.165, 1.54) is 32.2 Å². The maximum absolute atomic E-state index is 14.2. The van der Waals surface area contributed by atoms with Crippen LogP contribution in [0, 0.1) is 0 Å². The molecule has 1 aromatic heterocycles. The number of hydrogen-bond donors (Lipinski definition) is 12. The number of rotatable bonds is 10. The highest BCUT2D eigenvalue weighted by atomic mass is 16.8. The summed E-state index contributed by atoms with van der Waals surface area (Å²) in [7, 11) is 1.25. The normalized spacial score (nSPS) is 36.8. The van der Waals surface area contributed by atoms with Gasteiger partial charge in [-0.2, -0.15) is 0 Å². The van der Waals surface area contributed by atoms with E-state index in [9.17, 15) is 66.1 Å². The van der Waals surface area contributed by atoms with Crippen LogP contribution < -0.4 is 14.9 Å². The van der Waals surface area contributed by atoms with Gasteiger partial charge in [-0.05, 0) is 25.1 Å². The van der Waals surface area contributed by atoms with Crippen LogP contribution in [0.5, 0.6) is 28.7 Å². The van der Waals surface area contributed by atoms with Gasteiger partial charge in [0.25, 0.3) is 0 Å². The van der Waals surface area contributed by atoms with Crippen LogP contribution in [0.2, 0.25) is 0 Å². The van der Waals surface area contributed by atoms with Crippen molar-refractivity contribution < 1.29 is 98.9 Å². The highest BCUT2D eigenvalue weighted by molar-refractivity contribution is 5.88. The van der Waals surface area contributed by atoms with Gasteiger partial charge in [-0.3, -0.25) is 4.79 Å². The summed E-state index contributed by atoms with van der Waals surface area (Å²) in [6.07, 6.45) is -26.4. The van der Waals surface area contributed by atoms with Gasteiger partial charge in [0.2, 0.25) is 17.5 Å². The fraction of sp³-hybridized carbons (Fsp3) is 0.559. The van der Waals surface area contributed by atoms with Gasteiger partial charge in [-0.1, -0.05) is 0 Å². The van der Waals surface area contributed by atoms with Crippen LogP contribution in [0.1, 0.15) is 6.92 Å². The number of phenols is 3. The molecule has 0 bridgehead atoms. The zero-order chi connectivity index (χ0) is 40.0. The molecule has 3 aliphatic rings. The van der Waals surface area contributed by atoms with Crippen LogP contribution in [-0.2, 0) is 23.7 Å². The zero-order valence-electron chi connectivity index (χ0n) is 29.0. The Balaban J connectivity index is 1.41. The predicted octanol–water partition coefficient (Wildman–Crippen LogP) is -3.56. The summed E-state index contributed by atoms with van der Waals surface area (Å²) in [6.45, 7) is -0.171. The second-order valence-electron chi connectivity index (χ2n) is 13.3. The second kappa shape index (κ2) is 16.3. The van der Waals surface area contributed by atoms with Crippen molar-refractivity contribution in [2.45, 2.75) is 99.0 Å². The quantitative estimate of drug-likeness (QED) is 0.0946. The molecule has 3 fully saturated rings. The predicted molar refractivity (Wildman–Crippen MR) is 178 cm³/mol. The average Bonchev–Trinajstić information content (AvgIpc) is 3.15. The van der Waals surface area contributed by atoms with Crippen molar-refractivity contribution in [2.24, 2.45) is 0 Å². The number of aliphatic hydroxyl groups is 9. The number of methoxy groups -OCH3 is 1. The summed E-state index contributed by atoms with van der Waals surface area (Å²) in [5.41, 5.74) is -1.39. The highest BCUT2D eigenvalue weighted by Crippen LogP contribution is 2.40. The van der Waals surface area contributed by atoms with E-state index in [0.29, 0.717) is 0 Å². The molecule has 3 aliphatic heterocycles. The van der Waals surface area contributed by atoms with Gasteiger partial charge >= 0.3 is 0 Å². The largest absolute Gasteiger partial charge is 0.508 e. The van der Waals surface area contributed by atoms with Gasteiger partial charge < -0.3 is 98.9 Å². The minimum Gasteiger partial charge on any atom is -0.508 e. The van der Waals surface area contributed by atoms with Crippen LogP contribution in [0.4, 0.5) is 0 Å². The Bertz CT molecular complexity index is 1870. The molecule has 0 amide bonds. The van der Waals surface area contributed by atoms with E-state index in [-0.39, 0.29) is 22.6 Å². The van der Waals surface area contributed by atoms with Crippen molar-refractivity contribution in [1.29, 1.82) is 0 Å². The number of aromatic hydroxyl groups is 3. The lowest BCUT2D eigenvalue weighted by Gasteiger charge is -2.46. The van der Waals surface area contributed by atoms with Crippen molar-refractivity contribution in [3.63, 3.8) is 0 Å². The van der Waals surface area contributed by atoms with Crippen LogP contribution >= 0.6 is 0 Å². The van der Waals surface area contributed by atoms with Crippen molar-refractivity contribution in [2.75, 3.05) is 20.3 Å². The highest BCUT2D eigenvalue weighted by Gasteiger charge is 2.52. The molecule has 0 aliphatic carbocycles. The molecule has 3 aromatic rings. The number of hydrogen-bond acceptors (Lipinski definition) is 21. The molecule has 3 saturated heterocycles. The second-order valence-corrected chi connectivity index (χ2v) is 13.3. The van der Waals surface area contributed by atoms with Crippen LogP contribution in [-0.4, -0.2) is 174 Å². The minimum atomic E-state index is -2.08. The first-order valence-electron chi connectivity index (χ1n) is 16.9. The molecule has 6 rings (SSSR count). The summed E-state index contributed by atoms with van der Waals surface area (Å²) < 4.78 is 45.3. The Kier molecular flexibility index (Phi) is 12.1. The fourth-order valence-electron chi connectivity index (χ4n) is 6.46. The van der Waals surface area contributed by atoms with Gasteiger partial charge in [0.1, 0.15) is 83.5 Å². The van der Waals surface area contributed by atoms with E-state index in [4.69, 9.17) is 37.6 Å². The van der Waals surface area contributed by atoms with E-state index < -0.39 is 139 Å². The zero-order valence-corrected chi connectivity index (χ0v) is 29.0. The lowest BCUT2D eigenvalue weighted by atomic mass is 9.97. The fourth-order valence-corrected chi connectivity index (χ4v) is 6.46.